The molecule has 2 unspecified atom stereocenters. The molecule has 0 saturated carbocycles. The lowest BCUT2D eigenvalue weighted by Gasteiger charge is -2.25. The highest BCUT2D eigenvalue weighted by atomic mass is 16.5. The van der Waals surface area contributed by atoms with Gasteiger partial charge in [-0.3, -0.25) is 9.59 Å². The first-order valence-corrected chi connectivity index (χ1v) is 5.58. The number of carboxylic acids is 1. The summed E-state index contributed by atoms with van der Waals surface area (Å²) in [7, 11) is 0. The lowest BCUT2D eigenvalue weighted by atomic mass is 9.95. The van der Waals surface area contributed by atoms with Gasteiger partial charge in [0.25, 0.3) is 0 Å². The number of rotatable bonds is 5. The number of carbonyl (C=O) groups excluding carboxylic acids is 1. The Balaban J connectivity index is 2.31. The third kappa shape index (κ3) is 3.53. The first-order chi connectivity index (χ1) is 7.15. The molecule has 4 nitrogen and oxygen atoms in total. The Kier molecular flexibility index (Phi) is 4.59. The molecule has 1 heterocycles. The Hall–Kier alpha value is -1.06. The third-order valence-electron chi connectivity index (χ3n) is 2.77. The Bertz CT molecular complexity index is 237. The Morgan fingerprint density at radius 3 is 2.73 bits per heavy atom. The first-order valence-electron chi connectivity index (χ1n) is 5.58. The number of carbonyl (C=O) groups is 2. The number of unbranched alkanes of at least 4 members (excludes halogenated alkanes) is 2. The van der Waals surface area contributed by atoms with Gasteiger partial charge in [-0.1, -0.05) is 19.8 Å². The Morgan fingerprint density at radius 2 is 2.20 bits per heavy atom. The highest BCUT2D eigenvalue weighted by Crippen LogP contribution is 2.23. The number of aliphatic carboxylic acids is 1. The molecule has 0 aromatic rings. The van der Waals surface area contributed by atoms with Gasteiger partial charge < -0.3 is 9.84 Å². The topological polar surface area (TPSA) is 63.6 Å². The van der Waals surface area contributed by atoms with E-state index >= 15 is 0 Å². The van der Waals surface area contributed by atoms with E-state index in [0.717, 1.165) is 25.7 Å². The summed E-state index contributed by atoms with van der Waals surface area (Å²) in [5.74, 6) is -2.56. The average molecular weight is 214 g/mol. The molecule has 1 N–H and O–H groups in total. The van der Waals surface area contributed by atoms with Crippen molar-refractivity contribution in [3.05, 3.63) is 0 Å². The molecule has 1 aliphatic heterocycles. The van der Waals surface area contributed by atoms with Gasteiger partial charge in [0.15, 0.2) is 5.92 Å². The maximum atomic E-state index is 11.3. The predicted octanol–water partition coefficient (Wildman–Crippen LogP) is 1.97. The minimum Gasteiger partial charge on any atom is -0.481 e. The molecule has 0 amide bonds. The Morgan fingerprint density at radius 1 is 1.47 bits per heavy atom. The van der Waals surface area contributed by atoms with Crippen LogP contribution in [0.5, 0.6) is 0 Å². The van der Waals surface area contributed by atoms with Crippen molar-refractivity contribution < 1.29 is 19.4 Å². The highest BCUT2D eigenvalue weighted by molar-refractivity contribution is 5.94. The molecule has 0 aliphatic carbocycles. The minimum atomic E-state index is -1.06. The SMILES string of the molecule is CCCCCC1CCC(C(=O)O)C(=O)O1. The van der Waals surface area contributed by atoms with Crippen molar-refractivity contribution in [2.75, 3.05) is 0 Å². The van der Waals surface area contributed by atoms with Crippen LogP contribution in [0, 0.1) is 5.92 Å². The number of esters is 1. The van der Waals surface area contributed by atoms with Crippen molar-refractivity contribution in [2.24, 2.45) is 5.92 Å². The van der Waals surface area contributed by atoms with Crippen LogP contribution >= 0.6 is 0 Å². The van der Waals surface area contributed by atoms with Gasteiger partial charge in [-0.25, -0.2) is 0 Å². The van der Waals surface area contributed by atoms with Crippen LogP contribution in [0.2, 0.25) is 0 Å². The van der Waals surface area contributed by atoms with E-state index < -0.39 is 17.9 Å². The summed E-state index contributed by atoms with van der Waals surface area (Å²) in [5.41, 5.74) is 0. The molecule has 0 aromatic heterocycles. The molecule has 86 valence electrons. The van der Waals surface area contributed by atoms with Crippen LogP contribution in [0.1, 0.15) is 45.4 Å². The molecule has 1 fully saturated rings. The summed E-state index contributed by atoms with van der Waals surface area (Å²) in [6, 6.07) is 0. The van der Waals surface area contributed by atoms with Crippen LogP contribution in [0.3, 0.4) is 0 Å². The summed E-state index contributed by atoms with van der Waals surface area (Å²) < 4.78 is 5.09. The van der Waals surface area contributed by atoms with E-state index in [9.17, 15) is 9.59 Å². The predicted molar refractivity (Wildman–Crippen MR) is 54.4 cm³/mol. The van der Waals surface area contributed by atoms with E-state index in [1.807, 2.05) is 0 Å². The van der Waals surface area contributed by atoms with E-state index in [-0.39, 0.29) is 6.10 Å². The number of carboxylic acid groups (broad SMARTS) is 1. The second-order valence-corrected chi connectivity index (χ2v) is 4.02. The van der Waals surface area contributed by atoms with E-state index in [2.05, 4.69) is 6.92 Å². The van der Waals surface area contributed by atoms with E-state index in [4.69, 9.17) is 9.84 Å². The van der Waals surface area contributed by atoms with Gasteiger partial charge in [0, 0.05) is 0 Å². The van der Waals surface area contributed by atoms with Crippen LogP contribution in [-0.4, -0.2) is 23.1 Å². The van der Waals surface area contributed by atoms with Gasteiger partial charge in [-0.2, -0.15) is 0 Å². The van der Waals surface area contributed by atoms with Crippen LogP contribution in [0.4, 0.5) is 0 Å². The summed E-state index contributed by atoms with van der Waals surface area (Å²) >= 11 is 0. The summed E-state index contributed by atoms with van der Waals surface area (Å²) in [4.78, 5) is 21.9. The number of cyclic esters (lactones) is 1. The fraction of sp³-hybridized carbons (Fsp3) is 0.818. The lowest BCUT2D eigenvalue weighted by Crippen LogP contribution is -2.35. The van der Waals surface area contributed by atoms with Crippen molar-refractivity contribution >= 4 is 11.9 Å². The molecular weight excluding hydrogens is 196 g/mol. The smallest absolute Gasteiger partial charge is 0.320 e. The summed E-state index contributed by atoms with van der Waals surface area (Å²) in [6.07, 6.45) is 5.24. The molecular formula is C11H18O4. The third-order valence-corrected chi connectivity index (χ3v) is 2.77. The van der Waals surface area contributed by atoms with Gasteiger partial charge in [0.05, 0.1) is 0 Å². The second-order valence-electron chi connectivity index (χ2n) is 4.02. The monoisotopic (exact) mass is 214 g/mol. The fourth-order valence-electron chi connectivity index (χ4n) is 1.83. The van der Waals surface area contributed by atoms with Crippen LogP contribution < -0.4 is 0 Å². The molecule has 1 aliphatic rings. The molecule has 0 spiro atoms. The standard InChI is InChI=1S/C11H18O4/c1-2-3-4-5-8-6-7-9(10(12)13)11(14)15-8/h8-9H,2-7H2,1H3,(H,12,13). The number of hydrogen-bond donors (Lipinski definition) is 1. The summed E-state index contributed by atoms with van der Waals surface area (Å²) in [6.45, 7) is 2.12. The summed E-state index contributed by atoms with van der Waals surface area (Å²) in [5, 5.41) is 8.71. The first kappa shape index (κ1) is 12.0. The molecule has 1 rings (SSSR count). The van der Waals surface area contributed by atoms with Gasteiger partial charge in [-0.05, 0) is 25.7 Å². The van der Waals surface area contributed by atoms with Crippen LogP contribution in [0.15, 0.2) is 0 Å². The lowest BCUT2D eigenvalue weighted by molar-refractivity contribution is -0.168. The maximum Gasteiger partial charge on any atom is 0.320 e. The van der Waals surface area contributed by atoms with E-state index in [1.165, 1.54) is 0 Å². The highest BCUT2D eigenvalue weighted by Gasteiger charge is 2.34. The van der Waals surface area contributed by atoms with E-state index in [0.29, 0.717) is 12.8 Å². The van der Waals surface area contributed by atoms with E-state index in [1.54, 1.807) is 0 Å². The molecule has 2 atom stereocenters. The van der Waals surface area contributed by atoms with Gasteiger partial charge in [0.2, 0.25) is 0 Å². The van der Waals surface area contributed by atoms with Crippen LogP contribution in [-0.2, 0) is 14.3 Å². The Labute approximate surface area is 89.6 Å². The average Bonchev–Trinajstić information content (AvgIpc) is 2.17. The molecule has 4 heteroatoms. The molecule has 1 saturated heterocycles. The molecule has 15 heavy (non-hydrogen) atoms. The van der Waals surface area contributed by atoms with Gasteiger partial charge in [0.1, 0.15) is 6.10 Å². The normalized spacial score (nSPS) is 26.1. The minimum absolute atomic E-state index is 0.0559. The van der Waals surface area contributed by atoms with Crippen LogP contribution in [0.25, 0.3) is 0 Å². The zero-order valence-electron chi connectivity index (χ0n) is 9.07. The van der Waals surface area contributed by atoms with Gasteiger partial charge in [-0.15, -0.1) is 0 Å². The van der Waals surface area contributed by atoms with Crippen molar-refractivity contribution in [1.82, 2.24) is 0 Å². The molecule has 0 aromatic carbocycles. The van der Waals surface area contributed by atoms with Crippen molar-refractivity contribution in [1.29, 1.82) is 0 Å². The zero-order valence-corrected chi connectivity index (χ0v) is 9.07. The second kappa shape index (κ2) is 5.73. The molecule has 0 radical (unpaired) electrons. The van der Waals surface area contributed by atoms with Crippen molar-refractivity contribution in [2.45, 2.75) is 51.6 Å². The maximum absolute atomic E-state index is 11.3. The fourth-order valence-corrected chi connectivity index (χ4v) is 1.83. The van der Waals surface area contributed by atoms with Gasteiger partial charge >= 0.3 is 11.9 Å². The largest absolute Gasteiger partial charge is 0.481 e. The number of ether oxygens (including phenoxy) is 1. The number of hydrogen-bond acceptors (Lipinski definition) is 3. The zero-order chi connectivity index (χ0) is 11.3. The van der Waals surface area contributed by atoms with Crippen molar-refractivity contribution in [3.8, 4) is 0 Å². The quantitative estimate of drug-likeness (QED) is 0.431. The molecule has 0 bridgehead atoms. The van der Waals surface area contributed by atoms with Crippen molar-refractivity contribution in [3.63, 3.8) is 0 Å².